The molecule has 20 heavy (non-hydrogen) atoms. The van der Waals surface area contributed by atoms with Crippen molar-refractivity contribution in [2.75, 3.05) is 19.6 Å². The maximum Gasteiger partial charge on any atom is 0.253 e. The molecule has 1 unspecified atom stereocenters. The van der Waals surface area contributed by atoms with Gasteiger partial charge in [0.15, 0.2) is 0 Å². The smallest absolute Gasteiger partial charge is 0.253 e. The lowest BCUT2D eigenvalue weighted by Crippen LogP contribution is -2.32. The average molecular weight is 275 g/mol. The lowest BCUT2D eigenvalue weighted by atomic mass is 10.1. The van der Waals surface area contributed by atoms with Crippen LogP contribution in [0.5, 0.6) is 0 Å². The number of nitrogens with one attached hydrogen (secondary N) is 2. The highest BCUT2D eigenvalue weighted by Crippen LogP contribution is 2.31. The minimum atomic E-state index is -0.171. The Morgan fingerprint density at radius 2 is 2.20 bits per heavy atom. The van der Waals surface area contributed by atoms with Gasteiger partial charge in [-0.1, -0.05) is 0 Å². The predicted octanol–water partition coefficient (Wildman–Crippen LogP) is 0.897. The predicted molar refractivity (Wildman–Crippen MR) is 76.8 cm³/mol. The van der Waals surface area contributed by atoms with Crippen LogP contribution in [-0.4, -0.2) is 41.5 Å². The Balaban J connectivity index is 1.53. The van der Waals surface area contributed by atoms with Crippen molar-refractivity contribution in [3.8, 4) is 0 Å². The molecule has 5 nitrogen and oxygen atoms in total. The van der Waals surface area contributed by atoms with Gasteiger partial charge in [-0.2, -0.15) is 0 Å². The Morgan fingerprint density at radius 3 is 2.90 bits per heavy atom. The number of H-pyrrole nitrogens is 1. The number of aromatic amines is 1. The van der Waals surface area contributed by atoms with Gasteiger partial charge in [0.05, 0.1) is 5.56 Å². The summed E-state index contributed by atoms with van der Waals surface area (Å²) in [6, 6.07) is 3.80. The third kappa shape index (κ3) is 2.93. The highest BCUT2D eigenvalue weighted by molar-refractivity contribution is 5.95. The van der Waals surface area contributed by atoms with Crippen molar-refractivity contribution < 1.29 is 4.79 Å². The monoisotopic (exact) mass is 275 g/mol. The number of carbonyl (C=O) groups excluding carboxylic acids is 1. The van der Waals surface area contributed by atoms with E-state index in [0.29, 0.717) is 17.2 Å². The minimum Gasteiger partial charge on any atom is -0.352 e. The number of hydrogen-bond donors (Lipinski definition) is 2. The second kappa shape index (κ2) is 5.40. The summed E-state index contributed by atoms with van der Waals surface area (Å²) in [6.07, 6.45) is 3.85. The van der Waals surface area contributed by atoms with E-state index >= 15 is 0 Å². The van der Waals surface area contributed by atoms with Crippen molar-refractivity contribution in [1.82, 2.24) is 15.2 Å². The first-order valence-corrected chi connectivity index (χ1v) is 7.35. The number of aryl methyl sites for hydroxylation is 1. The number of rotatable bonds is 4. The zero-order valence-electron chi connectivity index (χ0n) is 11.8. The average Bonchev–Trinajstić information content (AvgIpc) is 3.15. The summed E-state index contributed by atoms with van der Waals surface area (Å²) in [5.41, 5.74) is 1.01. The van der Waals surface area contributed by atoms with Crippen LogP contribution < -0.4 is 10.9 Å². The van der Waals surface area contributed by atoms with Gasteiger partial charge >= 0.3 is 0 Å². The number of likely N-dealkylation sites (tertiary alicyclic amines) is 1. The Kier molecular flexibility index (Phi) is 3.61. The van der Waals surface area contributed by atoms with Gasteiger partial charge in [-0.3, -0.25) is 9.59 Å². The number of aromatic nitrogens is 1. The van der Waals surface area contributed by atoms with Gasteiger partial charge in [0.25, 0.3) is 5.91 Å². The third-order valence-electron chi connectivity index (χ3n) is 4.29. The molecule has 0 bridgehead atoms. The molecule has 1 aromatic rings. The van der Waals surface area contributed by atoms with Crippen molar-refractivity contribution in [2.45, 2.75) is 32.2 Å². The molecule has 0 radical (unpaired) electrons. The minimum absolute atomic E-state index is 0.0939. The second-order valence-electron chi connectivity index (χ2n) is 5.95. The van der Waals surface area contributed by atoms with Crippen molar-refractivity contribution in [1.29, 1.82) is 0 Å². The van der Waals surface area contributed by atoms with Gasteiger partial charge in [0, 0.05) is 30.9 Å². The molecule has 2 heterocycles. The number of nitrogens with zero attached hydrogens (tertiary/aromatic N) is 1. The van der Waals surface area contributed by atoms with Gasteiger partial charge in [0.2, 0.25) is 5.56 Å². The first-order valence-electron chi connectivity index (χ1n) is 7.35. The zero-order chi connectivity index (χ0) is 14.1. The van der Waals surface area contributed by atoms with E-state index in [9.17, 15) is 9.59 Å². The van der Waals surface area contributed by atoms with E-state index in [-0.39, 0.29) is 11.5 Å². The molecule has 108 valence electrons. The molecular weight excluding hydrogens is 254 g/mol. The molecule has 1 saturated heterocycles. The number of carbonyl (C=O) groups is 1. The van der Waals surface area contributed by atoms with Crippen LogP contribution in [0.4, 0.5) is 0 Å². The molecule has 0 aromatic carbocycles. The molecule has 2 fully saturated rings. The summed E-state index contributed by atoms with van der Waals surface area (Å²) in [4.78, 5) is 28.5. The molecular formula is C15H21N3O2. The Hall–Kier alpha value is -1.62. The molecule has 2 N–H and O–H groups in total. The van der Waals surface area contributed by atoms with Crippen LogP contribution in [0.2, 0.25) is 0 Å². The van der Waals surface area contributed by atoms with E-state index in [2.05, 4.69) is 15.2 Å². The summed E-state index contributed by atoms with van der Waals surface area (Å²) in [5, 5.41) is 2.99. The van der Waals surface area contributed by atoms with Gasteiger partial charge in [0.1, 0.15) is 0 Å². The van der Waals surface area contributed by atoms with E-state index in [1.165, 1.54) is 31.9 Å². The molecule has 1 aromatic heterocycles. The molecule has 1 atom stereocenters. The Labute approximate surface area is 118 Å². The molecule has 0 spiro atoms. The summed E-state index contributed by atoms with van der Waals surface area (Å²) >= 11 is 0. The molecule has 1 saturated carbocycles. The summed E-state index contributed by atoms with van der Waals surface area (Å²) in [6.45, 7) is 4.75. The van der Waals surface area contributed by atoms with Crippen LogP contribution in [-0.2, 0) is 0 Å². The van der Waals surface area contributed by atoms with E-state index in [0.717, 1.165) is 19.1 Å². The van der Waals surface area contributed by atoms with Gasteiger partial charge in [-0.15, -0.1) is 0 Å². The fraction of sp³-hybridized carbons (Fsp3) is 0.600. The van der Waals surface area contributed by atoms with Crippen LogP contribution in [0.15, 0.2) is 16.9 Å². The summed E-state index contributed by atoms with van der Waals surface area (Å²) in [7, 11) is 0. The molecule has 1 aliphatic carbocycles. The van der Waals surface area contributed by atoms with Crippen molar-refractivity contribution in [3.63, 3.8) is 0 Å². The fourth-order valence-corrected chi connectivity index (χ4v) is 2.96. The second-order valence-corrected chi connectivity index (χ2v) is 5.95. The van der Waals surface area contributed by atoms with Crippen LogP contribution in [0, 0.1) is 12.8 Å². The van der Waals surface area contributed by atoms with E-state index in [1.807, 2.05) is 0 Å². The van der Waals surface area contributed by atoms with Crippen LogP contribution >= 0.6 is 0 Å². The van der Waals surface area contributed by atoms with Gasteiger partial charge in [-0.05, 0) is 44.7 Å². The third-order valence-corrected chi connectivity index (χ3v) is 4.29. The van der Waals surface area contributed by atoms with Crippen LogP contribution in [0.25, 0.3) is 0 Å². The van der Waals surface area contributed by atoms with Crippen LogP contribution in [0.3, 0.4) is 0 Å². The lowest BCUT2D eigenvalue weighted by Gasteiger charge is -2.15. The fourth-order valence-electron chi connectivity index (χ4n) is 2.96. The standard InChI is InChI=1S/C15H21N3O2/c1-10-13(4-5-14(19)17-10)15(20)16-8-11-6-7-18(9-11)12-2-3-12/h4-5,11-12H,2-3,6-9H2,1H3,(H,16,20)(H,17,19). The van der Waals surface area contributed by atoms with E-state index in [4.69, 9.17) is 0 Å². The Morgan fingerprint density at radius 1 is 1.40 bits per heavy atom. The maximum atomic E-state index is 12.1. The largest absolute Gasteiger partial charge is 0.352 e. The van der Waals surface area contributed by atoms with E-state index < -0.39 is 0 Å². The molecule has 1 aliphatic heterocycles. The highest BCUT2D eigenvalue weighted by Gasteiger charge is 2.34. The molecule has 3 rings (SSSR count). The number of amides is 1. The summed E-state index contributed by atoms with van der Waals surface area (Å²) in [5.74, 6) is 0.464. The SMILES string of the molecule is Cc1[nH]c(=O)ccc1C(=O)NCC1CCN(C2CC2)C1. The highest BCUT2D eigenvalue weighted by atomic mass is 16.1. The first-order chi connectivity index (χ1) is 9.63. The first kappa shape index (κ1) is 13.4. The van der Waals surface area contributed by atoms with Crippen molar-refractivity contribution in [2.24, 2.45) is 5.92 Å². The Bertz CT molecular complexity index is 562. The number of pyridine rings is 1. The van der Waals surface area contributed by atoms with Gasteiger partial charge < -0.3 is 15.2 Å². The normalized spacial score (nSPS) is 22.9. The maximum absolute atomic E-state index is 12.1. The lowest BCUT2D eigenvalue weighted by molar-refractivity contribution is 0.0946. The topological polar surface area (TPSA) is 65.2 Å². The van der Waals surface area contributed by atoms with Crippen molar-refractivity contribution in [3.05, 3.63) is 33.7 Å². The van der Waals surface area contributed by atoms with Crippen molar-refractivity contribution >= 4 is 5.91 Å². The zero-order valence-corrected chi connectivity index (χ0v) is 11.8. The van der Waals surface area contributed by atoms with E-state index in [1.54, 1.807) is 13.0 Å². The molecule has 1 amide bonds. The summed E-state index contributed by atoms with van der Waals surface area (Å²) < 4.78 is 0. The number of hydrogen-bond acceptors (Lipinski definition) is 3. The van der Waals surface area contributed by atoms with Gasteiger partial charge in [-0.25, -0.2) is 0 Å². The van der Waals surface area contributed by atoms with Crippen LogP contribution in [0.1, 0.15) is 35.3 Å². The molecule has 5 heteroatoms. The quantitative estimate of drug-likeness (QED) is 0.858. The molecule has 2 aliphatic rings.